The lowest BCUT2D eigenvalue weighted by molar-refractivity contribution is -0.359. The standard InChI is InChI=1S/C57H91NO13/c1-3-5-7-9-11-13-15-16-17-18-19-20-21-22-23-24-25-26-27-28-29-30-31-33-35-37-39-41-49(62)58-45(46(61)40-38-36-34-32-14-12-10-8-6-4-2)44-68-56-54(67)52(65)55(48(43-60)70-56)71-57-53(66)51(64)50(63)47(42-59)69-57/h5,7,11,13-14,16-17,19-20,22-23,25-26,28-29,31-33,38,40,45-48,50-57,59-61,63-67H,3-4,6,8-10,12,15,18,21,24,27,30,34-37,39,41-44H2,1-2H3,(H,58,62)/b7-5-,13-11-,17-16-,20-19-,23-22-,26-25-,29-28-,32-14+,33-31-,40-38+. The maximum atomic E-state index is 13.1. The number of nitrogens with one attached hydrogen (secondary N) is 1. The monoisotopic (exact) mass is 998 g/mol. The molecule has 1 amide bonds. The number of amides is 1. The molecule has 0 bridgehead atoms. The van der Waals surface area contributed by atoms with Crippen LogP contribution in [0, 0.1) is 0 Å². The molecule has 12 unspecified atom stereocenters. The zero-order valence-electron chi connectivity index (χ0n) is 42.7. The lowest BCUT2D eigenvalue weighted by Crippen LogP contribution is -2.65. The van der Waals surface area contributed by atoms with Gasteiger partial charge in [-0.25, -0.2) is 0 Å². The summed E-state index contributed by atoms with van der Waals surface area (Å²) in [6.45, 7) is 2.54. The van der Waals surface area contributed by atoms with Crippen LogP contribution in [0.2, 0.25) is 0 Å². The van der Waals surface area contributed by atoms with E-state index in [1.165, 1.54) is 19.3 Å². The summed E-state index contributed by atoms with van der Waals surface area (Å²) in [6.07, 6.45) is 42.6. The summed E-state index contributed by atoms with van der Waals surface area (Å²) in [5, 5.41) is 86.6. The van der Waals surface area contributed by atoms with Gasteiger partial charge in [-0.3, -0.25) is 4.79 Å². The minimum atomic E-state index is -1.80. The highest BCUT2D eigenvalue weighted by atomic mass is 16.7. The van der Waals surface area contributed by atoms with Gasteiger partial charge in [-0.15, -0.1) is 0 Å². The van der Waals surface area contributed by atoms with Crippen molar-refractivity contribution in [3.8, 4) is 0 Å². The van der Waals surface area contributed by atoms with Crippen LogP contribution in [-0.2, 0) is 23.7 Å². The van der Waals surface area contributed by atoms with Crippen LogP contribution < -0.4 is 5.32 Å². The van der Waals surface area contributed by atoms with E-state index in [0.717, 1.165) is 83.5 Å². The van der Waals surface area contributed by atoms with Gasteiger partial charge in [0.25, 0.3) is 0 Å². The van der Waals surface area contributed by atoms with Gasteiger partial charge in [0.05, 0.1) is 32.0 Å². The molecule has 2 heterocycles. The minimum absolute atomic E-state index is 0.209. The van der Waals surface area contributed by atoms with E-state index in [0.29, 0.717) is 12.8 Å². The number of carbonyl (C=O) groups excluding carboxylic acids is 1. The summed E-state index contributed by atoms with van der Waals surface area (Å²) >= 11 is 0. The van der Waals surface area contributed by atoms with Crippen molar-refractivity contribution in [2.75, 3.05) is 19.8 Å². The third-order valence-electron chi connectivity index (χ3n) is 11.9. The number of aliphatic hydroxyl groups excluding tert-OH is 8. The highest BCUT2D eigenvalue weighted by Crippen LogP contribution is 2.30. The molecule has 0 spiro atoms. The Balaban J connectivity index is 1.79. The second kappa shape index (κ2) is 41.8. The second-order valence-electron chi connectivity index (χ2n) is 17.9. The maximum absolute atomic E-state index is 13.1. The summed E-state index contributed by atoms with van der Waals surface area (Å²) in [5.74, 6) is -0.301. The van der Waals surface area contributed by atoms with Crippen molar-refractivity contribution >= 4 is 5.91 Å². The zero-order valence-corrected chi connectivity index (χ0v) is 42.7. The molecule has 0 aromatic carbocycles. The Kier molecular flexibility index (Phi) is 37.4. The molecular formula is C57H91NO13. The van der Waals surface area contributed by atoms with Crippen molar-refractivity contribution in [3.63, 3.8) is 0 Å². The Morgan fingerprint density at radius 2 is 0.986 bits per heavy atom. The first-order chi connectivity index (χ1) is 34.6. The molecule has 12 atom stereocenters. The molecule has 2 rings (SSSR count). The number of rotatable bonds is 38. The van der Waals surface area contributed by atoms with Gasteiger partial charge < -0.3 is 65.1 Å². The van der Waals surface area contributed by atoms with Crippen molar-refractivity contribution < 1.29 is 64.6 Å². The fourth-order valence-corrected chi connectivity index (χ4v) is 7.61. The summed E-state index contributed by atoms with van der Waals surface area (Å²) < 4.78 is 22.6. The summed E-state index contributed by atoms with van der Waals surface area (Å²) in [5.41, 5.74) is 0. The first-order valence-electron chi connectivity index (χ1n) is 26.3. The number of ether oxygens (including phenoxy) is 4. The third kappa shape index (κ3) is 28.4. The number of hydrogen-bond acceptors (Lipinski definition) is 13. The Bertz CT molecular complexity index is 1650. The predicted octanol–water partition coefficient (Wildman–Crippen LogP) is 7.49. The Morgan fingerprint density at radius 3 is 1.52 bits per heavy atom. The normalized spacial score (nSPS) is 26.8. The Labute approximate surface area is 425 Å². The molecule has 2 aliphatic heterocycles. The van der Waals surface area contributed by atoms with E-state index in [4.69, 9.17) is 18.9 Å². The van der Waals surface area contributed by atoms with Crippen LogP contribution in [0.3, 0.4) is 0 Å². The topological polar surface area (TPSA) is 228 Å². The maximum Gasteiger partial charge on any atom is 0.220 e. The van der Waals surface area contributed by atoms with Gasteiger partial charge in [0.1, 0.15) is 48.8 Å². The van der Waals surface area contributed by atoms with Crippen LogP contribution in [0.4, 0.5) is 0 Å². The van der Waals surface area contributed by atoms with E-state index < -0.39 is 86.8 Å². The molecule has 0 saturated carbocycles. The highest BCUT2D eigenvalue weighted by molar-refractivity contribution is 5.76. The molecule has 9 N–H and O–H groups in total. The first kappa shape index (κ1) is 63.5. The summed E-state index contributed by atoms with van der Waals surface area (Å²) in [7, 11) is 0. The fourth-order valence-electron chi connectivity index (χ4n) is 7.61. The molecule has 14 heteroatoms. The van der Waals surface area contributed by atoms with E-state index in [2.05, 4.69) is 129 Å². The van der Waals surface area contributed by atoms with Crippen molar-refractivity contribution in [1.82, 2.24) is 5.32 Å². The van der Waals surface area contributed by atoms with E-state index in [9.17, 15) is 45.6 Å². The van der Waals surface area contributed by atoms with E-state index >= 15 is 0 Å². The largest absolute Gasteiger partial charge is 0.394 e. The van der Waals surface area contributed by atoms with Gasteiger partial charge >= 0.3 is 0 Å². The average molecular weight is 998 g/mol. The molecule has 2 aliphatic rings. The van der Waals surface area contributed by atoms with Crippen molar-refractivity contribution in [2.24, 2.45) is 0 Å². The molecule has 0 aromatic heterocycles. The molecule has 2 fully saturated rings. The summed E-state index contributed by atoms with van der Waals surface area (Å²) in [6, 6.07) is -0.962. The van der Waals surface area contributed by atoms with E-state index in [-0.39, 0.29) is 18.9 Å². The number of carbonyl (C=O) groups is 1. The quantitative estimate of drug-likeness (QED) is 0.0216. The number of unbranched alkanes of at least 4 members (excludes halogenated alkanes) is 7. The summed E-state index contributed by atoms with van der Waals surface area (Å²) in [4.78, 5) is 13.1. The molecule has 71 heavy (non-hydrogen) atoms. The number of hydrogen-bond donors (Lipinski definition) is 9. The molecular weight excluding hydrogens is 907 g/mol. The first-order valence-corrected chi connectivity index (χ1v) is 26.3. The average Bonchev–Trinajstić information content (AvgIpc) is 3.37. The molecule has 14 nitrogen and oxygen atoms in total. The van der Waals surface area contributed by atoms with Crippen LogP contribution in [0.25, 0.3) is 0 Å². The number of aliphatic hydroxyl groups is 8. The van der Waals surface area contributed by atoms with Crippen LogP contribution in [0.5, 0.6) is 0 Å². The smallest absolute Gasteiger partial charge is 0.220 e. The van der Waals surface area contributed by atoms with Gasteiger partial charge in [-0.2, -0.15) is 0 Å². The van der Waals surface area contributed by atoms with Crippen molar-refractivity contribution in [1.29, 1.82) is 0 Å². The Hall–Kier alpha value is -3.61. The van der Waals surface area contributed by atoms with Crippen molar-refractivity contribution in [2.45, 2.75) is 209 Å². The predicted molar refractivity (Wildman–Crippen MR) is 281 cm³/mol. The van der Waals surface area contributed by atoms with E-state index in [1.54, 1.807) is 6.08 Å². The highest BCUT2D eigenvalue weighted by Gasteiger charge is 2.51. The molecule has 0 aliphatic carbocycles. The van der Waals surface area contributed by atoms with Crippen molar-refractivity contribution in [3.05, 3.63) is 122 Å². The number of allylic oxidation sites excluding steroid dienone is 19. The van der Waals surface area contributed by atoms with Gasteiger partial charge in [0.2, 0.25) is 5.91 Å². The second-order valence-corrected chi connectivity index (χ2v) is 17.9. The Morgan fingerprint density at radius 1 is 0.521 bits per heavy atom. The lowest BCUT2D eigenvalue weighted by atomic mass is 9.97. The van der Waals surface area contributed by atoms with Gasteiger partial charge in [0.15, 0.2) is 12.6 Å². The van der Waals surface area contributed by atoms with Crippen LogP contribution in [0.15, 0.2) is 122 Å². The SMILES string of the molecule is CC/C=C\C/C=C\C/C=C\C/C=C\C/C=C\C/C=C\C/C=C\C/C=C\CCCCC(=O)NC(COC1OC(CO)C(OC2OC(CO)C(O)C(O)C2O)C(O)C1O)C(O)/C=C/CC/C=C/CCCCCC. The minimum Gasteiger partial charge on any atom is -0.394 e. The van der Waals surface area contributed by atoms with Gasteiger partial charge in [0, 0.05) is 6.42 Å². The van der Waals surface area contributed by atoms with Gasteiger partial charge in [-0.1, -0.05) is 155 Å². The third-order valence-corrected chi connectivity index (χ3v) is 11.9. The van der Waals surface area contributed by atoms with Crippen LogP contribution in [0.1, 0.15) is 136 Å². The van der Waals surface area contributed by atoms with Crippen LogP contribution >= 0.6 is 0 Å². The van der Waals surface area contributed by atoms with Crippen LogP contribution in [-0.4, -0.2) is 140 Å². The lowest BCUT2D eigenvalue weighted by Gasteiger charge is -2.46. The molecule has 402 valence electrons. The van der Waals surface area contributed by atoms with Gasteiger partial charge in [-0.05, 0) is 96.3 Å². The van der Waals surface area contributed by atoms with E-state index in [1.807, 2.05) is 6.08 Å². The molecule has 2 saturated heterocycles. The molecule has 0 aromatic rings. The fraction of sp³-hybridized carbons (Fsp3) is 0.632. The zero-order chi connectivity index (χ0) is 51.7. The molecule has 0 radical (unpaired) electrons.